The van der Waals surface area contributed by atoms with Crippen LogP contribution in [0, 0.1) is 0 Å². The number of amides is 3. The van der Waals surface area contributed by atoms with Gasteiger partial charge in [0.15, 0.2) is 0 Å². The van der Waals surface area contributed by atoms with Gasteiger partial charge in [-0.25, -0.2) is 4.79 Å². The zero-order chi connectivity index (χ0) is 19.2. The molecule has 25 heavy (non-hydrogen) atoms. The third kappa shape index (κ3) is 7.29. The van der Waals surface area contributed by atoms with Crippen LogP contribution in [0.3, 0.4) is 0 Å². The Kier molecular flexibility index (Phi) is 7.66. The van der Waals surface area contributed by atoms with E-state index in [1.807, 2.05) is 27.7 Å². The van der Waals surface area contributed by atoms with Gasteiger partial charge < -0.3 is 24.2 Å². The van der Waals surface area contributed by atoms with Gasteiger partial charge in [0.1, 0.15) is 12.2 Å². The van der Waals surface area contributed by atoms with Crippen molar-refractivity contribution in [3.05, 3.63) is 0 Å². The summed E-state index contributed by atoms with van der Waals surface area (Å²) in [4.78, 5) is 40.4. The molecule has 1 aliphatic heterocycles. The topological polar surface area (TPSA) is 79.4 Å². The minimum absolute atomic E-state index is 0.0533. The molecule has 1 fully saturated rings. The third-order valence-electron chi connectivity index (χ3n) is 3.61. The second-order valence-corrected chi connectivity index (χ2v) is 7.42. The maximum Gasteiger partial charge on any atom is 0.410 e. The van der Waals surface area contributed by atoms with E-state index < -0.39 is 5.60 Å². The number of carbonyl (C=O) groups excluding carboxylic acids is 3. The van der Waals surface area contributed by atoms with Gasteiger partial charge in [0, 0.05) is 20.6 Å². The summed E-state index contributed by atoms with van der Waals surface area (Å²) in [6.07, 6.45) is 0.217. The average Bonchev–Trinajstić information content (AvgIpc) is 2.42. The first-order valence-corrected chi connectivity index (χ1v) is 8.61. The molecule has 0 unspecified atom stereocenters. The molecule has 0 radical (unpaired) electrons. The maximum atomic E-state index is 12.3. The average molecular weight is 357 g/mol. The van der Waals surface area contributed by atoms with E-state index in [9.17, 15) is 14.4 Å². The fourth-order valence-corrected chi connectivity index (χ4v) is 2.17. The van der Waals surface area contributed by atoms with Crippen LogP contribution in [0.25, 0.3) is 0 Å². The second kappa shape index (κ2) is 9.03. The van der Waals surface area contributed by atoms with Crippen LogP contribution in [0.4, 0.5) is 4.79 Å². The molecule has 3 amide bonds. The van der Waals surface area contributed by atoms with Crippen LogP contribution < -0.4 is 0 Å². The van der Waals surface area contributed by atoms with Gasteiger partial charge in [0.2, 0.25) is 11.8 Å². The number of hydrogen-bond acceptors (Lipinski definition) is 5. The summed E-state index contributed by atoms with van der Waals surface area (Å²) in [6, 6.07) is 0. The van der Waals surface area contributed by atoms with E-state index in [0.717, 1.165) is 6.42 Å². The summed E-state index contributed by atoms with van der Waals surface area (Å²) >= 11 is 0. The van der Waals surface area contributed by atoms with Crippen molar-refractivity contribution in [3.8, 4) is 0 Å². The molecule has 0 aliphatic carbocycles. The monoisotopic (exact) mass is 357 g/mol. The van der Waals surface area contributed by atoms with E-state index in [2.05, 4.69) is 0 Å². The molecule has 1 aliphatic rings. The Morgan fingerprint density at radius 2 is 1.72 bits per heavy atom. The Morgan fingerprint density at radius 3 is 2.20 bits per heavy atom. The van der Waals surface area contributed by atoms with Crippen molar-refractivity contribution in [3.63, 3.8) is 0 Å². The van der Waals surface area contributed by atoms with Crippen molar-refractivity contribution in [1.29, 1.82) is 0 Å². The van der Waals surface area contributed by atoms with Gasteiger partial charge in [-0.15, -0.1) is 0 Å². The van der Waals surface area contributed by atoms with E-state index in [1.165, 1.54) is 9.80 Å². The quantitative estimate of drug-likeness (QED) is 0.678. The third-order valence-corrected chi connectivity index (χ3v) is 3.61. The number of carbonyl (C=O) groups is 3. The smallest absolute Gasteiger partial charge is 0.410 e. The van der Waals surface area contributed by atoms with Crippen molar-refractivity contribution in [2.75, 3.05) is 46.9 Å². The lowest BCUT2D eigenvalue weighted by Gasteiger charge is -2.39. The molecule has 0 aromatic heterocycles. The highest BCUT2D eigenvalue weighted by atomic mass is 16.6. The van der Waals surface area contributed by atoms with Crippen LogP contribution >= 0.6 is 0 Å². The van der Waals surface area contributed by atoms with E-state index in [4.69, 9.17) is 9.47 Å². The Balaban J connectivity index is 2.36. The van der Waals surface area contributed by atoms with Crippen molar-refractivity contribution < 1.29 is 23.9 Å². The van der Waals surface area contributed by atoms with Gasteiger partial charge in [-0.3, -0.25) is 9.59 Å². The lowest BCUT2D eigenvalue weighted by molar-refractivity contribution is -0.146. The Morgan fingerprint density at radius 1 is 1.12 bits per heavy atom. The molecule has 1 heterocycles. The molecular formula is C17H31N3O5. The molecule has 8 heteroatoms. The normalized spacial score (nSPS) is 14.7. The second-order valence-electron chi connectivity index (χ2n) is 7.42. The summed E-state index contributed by atoms with van der Waals surface area (Å²) in [6.45, 7) is 8.69. The van der Waals surface area contributed by atoms with Crippen molar-refractivity contribution in [2.45, 2.75) is 45.8 Å². The predicted octanol–water partition coefficient (Wildman–Crippen LogP) is 0.949. The van der Waals surface area contributed by atoms with Gasteiger partial charge in [0.05, 0.1) is 25.7 Å². The lowest BCUT2D eigenvalue weighted by Crippen LogP contribution is -2.56. The maximum absolute atomic E-state index is 12.3. The van der Waals surface area contributed by atoms with Crippen LogP contribution in [-0.4, -0.2) is 91.2 Å². The van der Waals surface area contributed by atoms with Crippen LogP contribution in [0.5, 0.6) is 0 Å². The largest absolute Gasteiger partial charge is 0.444 e. The van der Waals surface area contributed by atoms with Crippen molar-refractivity contribution in [1.82, 2.24) is 14.7 Å². The van der Waals surface area contributed by atoms with Crippen LogP contribution in [0.2, 0.25) is 0 Å². The highest BCUT2D eigenvalue weighted by Crippen LogP contribution is 2.17. The fraction of sp³-hybridized carbons (Fsp3) is 0.824. The number of likely N-dealkylation sites (N-methyl/N-ethyl adjacent to an activating group) is 1. The number of rotatable bonds is 7. The number of nitrogens with zero attached hydrogens (tertiary/aromatic N) is 3. The van der Waals surface area contributed by atoms with Crippen LogP contribution in [0.1, 0.15) is 34.1 Å². The summed E-state index contributed by atoms with van der Waals surface area (Å²) in [5.74, 6) is -0.339. The SMILES string of the molecule is CCCN(CC(=O)N(C)C)C(=O)COC1CN(C(=O)OC(C)(C)C)C1. The van der Waals surface area contributed by atoms with Crippen LogP contribution in [-0.2, 0) is 19.1 Å². The van der Waals surface area contributed by atoms with Gasteiger partial charge in [-0.05, 0) is 27.2 Å². The van der Waals surface area contributed by atoms with Gasteiger partial charge in [-0.2, -0.15) is 0 Å². The van der Waals surface area contributed by atoms with Crippen molar-refractivity contribution >= 4 is 17.9 Å². The molecule has 0 saturated carbocycles. The molecule has 0 bridgehead atoms. The highest BCUT2D eigenvalue weighted by molar-refractivity contribution is 5.85. The standard InChI is InChI=1S/C17H31N3O5/c1-7-8-19(11-14(21)18(5)6)15(22)12-24-13-9-20(10-13)16(23)25-17(2,3)4/h13H,7-12H2,1-6H3. The predicted molar refractivity (Wildman–Crippen MR) is 93.1 cm³/mol. The fourth-order valence-electron chi connectivity index (χ4n) is 2.17. The molecule has 1 rings (SSSR count). The molecule has 0 aromatic carbocycles. The molecule has 0 atom stereocenters. The highest BCUT2D eigenvalue weighted by Gasteiger charge is 2.35. The summed E-state index contributed by atoms with van der Waals surface area (Å²) < 4.78 is 10.8. The number of ether oxygens (including phenoxy) is 2. The van der Waals surface area contributed by atoms with E-state index in [1.54, 1.807) is 19.0 Å². The Labute approximate surface area is 150 Å². The Hall–Kier alpha value is -1.83. The summed E-state index contributed by atoms with van der Waals surface area (Å²) in [7, 11) is 3.32. The first-order valence-electron chi connectivity index (χ1n) is 8.61. The Bertz CT molecular complexity index is 481. The van der Waals surface area contributed by atoms with E-state index in [-0.39, 0.29) is 37.2 Å². The number of hydrogen-bond donors (Lipinski definition) is 0. The van der Waals surface area contributed by atoms with Gasteiger partial charge in [0.25, 0.3) is 0 Å². The zero-order valence-corrected chi connectivity index (χ0v) is 16.2. The van der Waals surface area contributed by atoms with Crippen LogP contribution in [0.15, 0.2) is 0 Å². The summed E-state index contributed by atoms with van der Waals surface area (Å²) in [5.41, 5.74) is -0.529. The van der Waals surface area contributed by atoms with Gasteiger partial charge in [-0.1, -0.05) is 6.92 Å². The minimum Gasteiger partial charge on any atom is -0.444 e. The molecule has 0 spiro atoms. The molecule has 0 N–H and O–H groups in total. The van der Waals surface area contributed by atoms with E-state index in [0.29, 0.717) is 19.6 Å². The number of likely N-dealkylation sites (tertiary alicyclic amines) is 1. The van der Waals surface area contributed by atoms with E-state index >= 15 is 0 Å². The molecule has 144 valence electrons. The molecule has 0 aromatic rings. The van der Waals surface area contributed by atoms with Gasteiger partial charge >= 0.3 is 6.09 Å². The first-order chi connectivity index (χ1) is 11.5. The molecule has 8 nitrogen and oxygen atoms in total. The molecular weight excluding hydrogens is 326 g/mol. The zero-order valence-electron chi connectivity index (χ0n) is 16.2. The van der Waals surface area contributed by atoms with Crippen molar-refractivity contribution in [2.24, 2.45) is 0 Å². The summed E-state index contributed by atoms with van der Waals surface area (Å²) in [5, 5.41) is 0. The lowest BCUT2D eigenvalue weighted by atomic mass is 10.2. The first kappa shape index (κ1) is 21.2. The molecule has 1 saturated heterocycles. The minimum atomic E-state index is -0.529.